The number of rotatable bonds is 2. The van der Waals surface area contributed by atoms with Crippen molar-refractivity contribution < 1.29 is 18.0 Å². The van der Waals surface area contributed by atoms with Gasteiger partial charge in [-0.3, -0.25) is 4.79 Å². The molecule has 3 rings (SSSR count). The molecule has 1 aliphatic heterocycles. The second-order valence-corrected chi connectivity index (χ2v) is 5.36. The molecule has 2 aromatic rings. The smallest absolute Gasteiger partial charge is 0.367 e. The Balaban J connectivity index is 1.87. The van der Waals surface area contributed by atoms with Gasteiger partial charge in [-0.05, 0) is 53.9 Å². The Bertz CT molecular complexity index is 692. The summed E-state index contributed by atoms with van der Waals surface area (Å²) in [6.45, 7) is 1.19. The van der Waals surface area contributed by atoms with Crippen LogP contribution in [0.5, 0.6) is 0 Å². The zero-order chi connectivity index (χ0) is 15.7. The van der Waals surface area contributed by atoms with Gasteiger partial charge in [0.05, 0.1) is 5.56 Å². The molecule has 1 aliphatic rings. The van der Waals surface area contributed by atoms with Gasteiger partial charge in [-0.15, -0.1) is 0 Å². The highest BCUT2D eigenvalue weighted by atomic mass is 19.4. The predicted molar refractivity (Wildman–Crippen MR) is 78.0 cm³/mol. The predicted octanol–water partition coefficient (Wildman–Crippen LogP) is 4.08. The van der Waals surface area contributed by atoms with Gasteiger partial charge in [0.1, 0.15) is 6.29 Å². The van der Waals surface area contributed by atoms with Crippen LogP contribution in [0.2, 0.25) is 0 Å². The van der Waals surface area contributed by atoms with Crippen molar-refractivity contribution in [1.82, 2.24) is 0 Å². The largest absolute Gasteiger partial charge is 0.416 e. The Kier molecular flexibility index (Phi) is 3.64. The highest BCUT2D eigenvalue weighted by molar-refractivity contribution is 5.75. The molecule has 0 amide bonds. The molecule has 0 radical (unpaired) electrons. The van der Waals surface area contributed by atoms with Crippen LogP contribution in [0.4, 0.5) is 18.9 Å². The molecule has 0 N–H and O–H groups in total. The number of aldehydes is 1. The van der Waals surface area contributed by atoms with E-state index in [4.69, 9.17) is 0 Å². The van der Waals surface area contributed by atoms with E-state index in [2.05, 4.69) is 0 Å². The number of carbonyl (C=O) groups is 1. The normalized spacial score (nSPS) is 14.6. The van der Waals surface area contributed by atoms with Gasteiger partial charge in [0.2, 0.25) is 0 Å². The van der Waals surface area contributed by atoms with Gasteiger partial charge in [-0.1, -0.05) is 6.07 Å². The molecule has 0 aliphatic carbocycles. The fourth-order valence-corrected chi connectivity index (χ4v) is 2.72. The number of carbonyl (C=O) groups excluding carboxylic acids is 1. The maximum atomic E-state index is 12.8. The lowest BCUT2D eigenvalue weighted by atomic mass is 9.96. The first kappa shape index (κ1) is 14.6. The number of halogens is 3. The highest BCUT2D eigenvalue weighted by Crippen LogP contribution is 2.33. The van der Waals surface area contributed by atoms with Crippen molar-refractivity contribution in [1.29, 1.82) is 0 Å². The van der Waals surface area contributed by atoms with Crippen LogP contribution in [-0.4, -0.2) is 12.8 Å². The molecule has 0 bridgehead atoms. The highest BCUT2D eigenvalue weighted by Gasteiger charge is 2.31. The lowest BCUT2D eigenvalue weighted by Gasteiger charge is -2.31. The summed E-state index contributed by atoms with van der Waals surface area (Å²) in [6, 6.07) is 11.0. The van der Waals surface area contributed by atoms with E-state index in [-0.39, 0.29) is 0 Å². The first-order chi connectivity index (χ1) is 10.5. The summed E-state index contributed by atoms with van der Waals surface area (Å²) in [5.41, 5.74) is 2.56. The molecule has 22 heavy (non-hydrogen) atoms. The minimum Gasteiger partial charge on any atom is -0.367 e. The maximum absolute atomic E-state index is 12.8. The van der Waals surface area contributed by atoms with E-state index in [1.165, 1.54) is 6.07 Å². The number of hydrogen-bond acceptors (Lipinski definition) is 2. The Morgan fingerprint density at radius 2 is 1.73 bits per heavy atom. The molecule has 0 saturated heterocycles. The van der Waals surface area contributed by atoms with Gasteiger partial charge in [0, 0.05) is 24.3 Å². The van der Waals surface area contributed by atoms with Crippen LogP contribution in [-0.2, 0) is 19.1 Å². The van der Waals surface area contributed by atoms with Crippen LogP contribution in [0, 0.1) is 0 Å². The molecule has 0 aromatic heterocycles. The maximum Gasteiger partial charge on any atom is 0.416 e. The molecule has 0 unspecified atom stereocenters. The third-order valence-electron chi connectivity index (χ3n) is 3.94. The average Bonchev–Trinajstić information content (AvgIpc) is 2.53. The molecule has 0 saturated carbocycles. The quantitative estimate of drug-likeness (QED) is 0.779. The van der Waals surface area contributed by atoms with Crippen molar-refractivity contribution in [2.45, 2.75) is 19.1 Å². The molecule has 5 heteroatoms. The Labute approximate surface area is 126 Å². The van der Waals surface area contributed by atoms with E-state index in [9.17, 15) is 18.0 Å². The fraction of sp³-hybridized carbons (Fsp3) is 0.235. The van der Waals surface area contributed by atoms with E-state index < -0.39 is 11.7 Å². The van der Waals surface area contributed by atoms with E-state index in [0.717, 1.165) is 30.1 Å². The van der Waals surface area contributed by atoms with Crippen molar-refractivity contribution in [2.75, 3.05) is 11.4 Å². The minimum absolute atomic E-state index is 0.444. The second kappa shape index (κ2) is 5.48. The van der Waals surface area contributed by atoms with E-state index in [1.807, 2.05) is 17.0 Å². The zero-order valence-electron chi connectivity index (χ0n) is 11.7. The van der Waals surface area contributed by atoms with Gasteiger partial charge in [0.15, 0.2) is 0 Å². The molecular formula is C17H14F3NO. The first-order valence-corrected chi connectivity index (χ1v) is 6.96. The molecule has 1 heterocycles. The first-order valence-electron chi connectivity index (χ1n) is 6.96. The number of fused-ring (bicyclic) bond motifs is 1. The number of hydrogen-bond donors (Lipinski definition) is 0. The Morgan fingerprint density at radius 3 is 2.36 bits per heavy atom. The molecular weight excluding hydrogens is 291 g/mol. The fourth-order valence-electron chi connectivity index (χ4n) is 2.72. The van der Waals surface area contributed by atoms with Gasteiger partial charge >= 0.3 is 6.18 Å². The van der Waals surface area contributed by atoms with Crippen LogP contribution < -0.4 is 4.90 Å². The summed E-state index contributed by atoms with van der Waals surface area (Å²) in [5.74, 6) is 0. The van der Waals surface area contributed by atoms with Crippen LogP contribution in [0.1, 0.15) is 27.0 Å². The van der Waals surface area contributed by atoms with Crippen LogP contribution in [0.15, 0.2) is 42.5 Å². The molecule has 2 aromatic carbocycles. The molecule has 2 nitrogen and oxygen atoms in total. The monoisotopic (exact) mass is 305 g/mol. The van der Waals surface area contributed by atoms with E-state index in [0.29, 0.717) is 24.1 Å². The minimum atomic E-state index is -4.32. The Morgan fingerprint density at radius 1 is 1.00 bits per heavy atom. The standard InChI is InChI=1S/C17H14F3NO/c18-17(19,20)15-4-3-13-7-8-21(10-14(13)9-15)16-5-1-12(11-22)2-6-16/h1-6,9,11H,7-8,10H2. The van der Waals surface area contributed by atoms with Crippen molar-refractivity contribution in [2.24, 2.45) is 0 Å². The Hall–Kier alpha value is -2.30. The lowest BCUT2D eigenvalue weighted by Crippen LogP contribution is -2.30. The summed E-state index contributed by atoms with van der Waals surface area (Å²) in [6.07, 6.45) is -2.84. The van der Waals surface area contributed by atoms with E-state index >= 15 is 0 Å². The number of alkyl halides is 3. The van der Waals surface area contributed by atoms with Gasteiger partial charge in [-0.25, -0.2) is 0 Å². The van der Waals surface area contributed by atoms with Crippen molar-refractivity contribution in [3.8, 4) is 0 Å². The number of nitrogens with zero attached hydrogens (tertiary/aromatic N) is 1. The summed E-state index contributed by atoms with van der Waals surface area (Å²) in [4.78, 5) is 12.7. The van der Waals surface area contributed by atoms with Crippen molar-refractivity contribution in [3.63, 3.8) is 0 Å². The summed E-state index contributed by atoms with van der Waals surface area (Å²) in [5, 5.41) is 0. The van der Waals surface area contributed by atoms with E-state index in [1.54, 1.807) is 18.2 Å². The van der Waals surface area contributed by atoms with Gasteiger partial charge < -0.3 is 4.90 Å². The summed E-state index contributed by atoms with van der Waals surface area (Å²) in [7, 11) is 0. The van der Waals surface area contributed by atoms with Crippen molar-refractivity contribution >= 4 is 12.0 Å². The third-order valence-corrected chi connectivity index (χ3v) is 3.94. The summed E-state index contributed by atoms with van der Waals surface area (Å²) < 4.78 is 38.4. The average molecular weight is 305 g/mol. The molecule has 0 spiro atoms. The zero-order valence-corrected chi connectivity index (χ0v) is 11.7. The topological polar surface area (TPSA) is 20.3 Å². The molecule has 114 valence electrons. The summed E-state index contributed by atoms with van der Waals surface area (Å²) >= 11 is 0. The third kappa shape index (κ3) is 2.84. The van der Waals surface area contributed by atoms with Crippen molar-refractivity contribution in [3.05, 3.63) is 64.7 Å². The second-order valence-electron chi connectivity index (χ2n) is 5.36. The van der Waals surface area contributed by atoms with Crippen LogP contribution in [0.3, 0.4) is 0 Å². The number of anilines is 1. The molecule has 0 atom stereocenters. The lowest BCUT2D eigenvalue weighted by molar-refractivity contribution is -0.137. The van der Waals surface area contributed by atoms with Crippen LogP contribution in [0.25, 0.3) is 0 Å². The SMILES string of the molecule is O=Cc1ccc(N2CCc3ccc(C(F)(F)F)cc3C2)cc1. The molecule has 0 fully saturated rings. The van der Waals surface area contributed by atoms with Gasteiger partial charge in [-0.2, -0.15) is 13.2 Å². The van der Waals surface area contributed by atoms with Gasteiger partial charge in [0.25, 0.3) is 0 Å². The van der Waals surface area contributed by atoms with Crippen LogP contribution >= 0.6 is 0 Å². The number of benzene rings is 2.